The van der Waals surface area contributed by atoms with Gasteiger partial charge in [0.25, 0.3) is 0 Å². The van der Waals surface area contributed by atoms with Gasteiger partial charge in [-0.05, 0) is 35.6 Å². The van der Waals surface area contributed by atoms with Gasteiger partial charge in [-0.15, -0.1) is 21.5 Å². The summed E-state index contributed by atoms with van der Waals surface area (Å²) >= 11 is 3.25. The Morgan fingerprint density at radius 1 is 1.00 bits per heavy atom. The van der Waals surface area contributed by atoms with Crippen LogP contribution >= 0.6 is 23.1 Å². The van der Waals surface area contributed by atoms with Crippen LogP contribution in [0.25, 0.3) is 11.6 Å². The molecule has 34 heavy (non-hydrogen) atoms. The van der Waals surface area contributed by atoms with E-state index >= 15 is 0 Å². The molecule has 1 fully saturated rings. The summed E-state index contributed by atoms with van der Waals surface area (Å²) in [6.45, 7) is 5.07. The van der Waals surface area contributed by atoms with Crippen molar-refractivity contribution >= 4 is 29.0 Å². The molecule has 0 spiro atoms. The molecule has 4 heterocycles. The van der Waals surface area contributed by atoms with Crippen molar-refractivity contribution in [2.24, 2.45) is 0 Å². The first-order valence-electron chi connectivity index (χ1n) is 11.4. The number of amides is 1. The molecular formula is C25H27N5O2S2. The van der Waals surface area contributed by atoms with Gasteiger partial charge in [-0.25, -0.2) is 0 Å². The molecule has 1 aliphatic rings. The summed E-state index contributed by atoms with van der Waals surface area (Å²) in [6.07, 6.45) is 2.71. The molecule has 176 valence electrons. The summed E-state index contributed by atoms with van der Waals surface area (Å²) in [5, 5.41) is 11.6. The molecule has 1 saturated heterocycles. The summed E-state index contributed by atoms with van der Waals surface area (Å²) in [6, 6.07) is 18.2. The smallest absolute Gasteiger partial charge is 0.233 e. The quantitative estimate of drug-likeness (QED) is 0.327. The van der Waals surface area contributed by atoms with Gasteiger partial charge in [0, 0.05) is 37.6 Å². The normalized spacial score (nSPS) is 14.5. The van der Waals surface area contributed by atoms with Gasteiger partial charge in [-0.2, -0.15) is 0 Å². The van der Waals surface area contributed by atoms with Crippen LogP contribution < -0.4 is 0 Å². The van der Waals surface area contributed by atoms with E-state index in [1.54, 1.807) is 6.26 Å². The minimum Gasteiger partial charge on any atom is -0.461 e. The average molecular weight is 494 g/mol. The number of thiophene rings is 1. The van der Waals surface area contributed by atoms with Crippen molar-refractivity contribution in [1.29, 1.82) is 0 Å². The van der Waals surface area contributed by atoms with Gasteiger partial charge in [0.2, 0.25) is 11.7 Å². The van der Waals surface area contributed by atoms with Gasteiger partial charge in [-0.3, -0.25) is 14.3 Å². The van der Waals surface area contributed by atoms with E-state index in [1.807, 2.05) is 51.1 Å². The number of aromatic nitrogens is 3. The van der Waals surface area contributed by atoms with Gasteiger partial charge in [0.1, 0.15) is 0 Å². The number of piperazine rings is 1. The van der Waals surface area contributed by atoms with Crippen molar-refractivity contribution in [3.8, 4) is 11.6 Å². The third-order valence-corrected chi connectivity index (χ3v) is 7.83. The van der Waals surface area contributed by atoms with E-state index in [0.717, 1.165) is 49.9 Å². The number of nitrogens with zero attached hydrogens (tertiary/aromatic N) is 5. The van der Waals surface area contributed by atoms with Crippen LogP contribution in [0.3, 0.4) is 0 Å². The molecule has 9 heteroatoms. The molecule has 0 saturated carbocycles. The standard InChI is InChI=1S/C25H27N5O2S2/c31-23(29-14-12-28(13-15-29)11-10-21-8-5-17-33-21)19-34-25-27-26-24(22-9-4-16-32-22)30(25)18-20-6-2-1-3-7-20/h1-9,16-17H,10-15,18-19H2. The van der Waals surface area contributed by atoms with Crippen molar-refractivity contribution in [2.75, 3.05) is 38.5 Å². The Labute approximate surface area is 207 Å². The zero-order valence-corrected chi connectivity index (χ0v) is 20.5. The van der Waals surface area contributed by atoms with Crippen LogP contribution in [0.15, 0.2) is 75.8 Å². The zero-order valence-electron chi connectivity index (χ0n) is 18.9. The Morgan fingerprint density at radius 3 is 2.59 bits per heavy atom. The molecular weight excluding hydrogens is 466 g/mol. The van der Waals surface area contributed by atoms with Crippen molar-refractivity contribution in [3.05, 3.63) is 76.7 Å². The first-order chi connectivity index (χ1) is 16.8. The summed E-state index contributed by atoms with van der Waals surface area (Å²) in [5.74, 6) is 1.83. The summed E-state index contributed by atoms with van der Waals surface area (Å²) in [4.78, 5) is 18.8. The number of hydrogen-bond acceptors (Lipinski definition) is 7. The number of carbonyl (C=O) groups excluding carboxylic acids is 1. The molecule has 5 rings (SSSR count). The Kier molecular flexibility index (Phi) is 7.43. The van der Waals surface area contributed by atoms with Crippen molar-refractivity contribution in [3.63, 3.8) is 0 Å². The van der Waals surface area contributed by atoms with E-state index in [0.29, 0.717) is 23.9 Å². The van der Waals surface area contributed by atoms with E-state index in [-0.39, 0.29) is 5.91 Å². The minimum atomic E-state index is 0.150. The summed E-state index contributed by atoms with van der Waals surface area (Å²) < 4.78 is 7.60. The van der Waals surface area contributed by atoms with E-state index in [2.05, 4.69) is 44.7 Å². The first kappa shape index (κ1) is 22.9. The second kappa shape index (κ2) is 11.0. The maximum absolute atomic E-state index is 12.9. The molecule has 0 aliphatic carbocycles. The average Bonchev–Trinajstić information content (AvgIpc) is 3.65. The highest BCUT2D eigenvalue weighted by molar-refractivity contribution is 7.99. The summed E-state index contributed by atoms with van der Waals surface area (Å²) in [7, 11) is 0. The predicted octanol–water partition coefficient (Wildman–Crippen LogP) is 4.13. The monoisotopic (exact) mass is 493 g/mol. The molecule has 1 amide bonds. The number of hydrogen-bond donors (Lipinski definition) is 0. The second-order valence-electron chi connectivity index (χ2n) is 8.20. The van der Waals surface area contributed by atoms with Crippen molar-refractivity contribution in [1.82, 2.24) is 24.6 Å². The fraction of sp³-hybridized carbons (Fsp3) is 0.320. The van der Waals surface area contributed by atoms with Gasteiger partial charge in [-0.1, -0.05) is 48.2 Å². The highest BCUT2D eigenvalue weighted by atomic mass is 32.2. The minimum absolute atomic E-state index is 0.150. The fourth-order valence-electron chi connectivity index (χ4n) is 4.05. The molecule has 0 unspecified atom stereocenters. The number of benzene rings is 1. The number of rotatable bonds is 9. The van der Waals surface area contributed by atoms with E-state index < -0.39 is 0 Å². The maximum Gasteiger partial charge on any atom is 0.233 e. The van der Waals surface area contributed by atoms with Gasteiger partial charge < -0.3 is 9.32 Å². The van der Waals surface area contributed by atoms with E-state index in [1.165, 1.54) is 16.6 Å². The highest BCUT2D eigenvalue weighted by Crippen LogP contribution is 2.26. The van der Waals surface area contributed by atoms with Crippen LogP contribution in [0.1, 0.15) is 10.4 Å². The predicted molar refractivity (Wildman–Crippen MR) is 135 cm³/mol. The van der Waals surface area contributed by atoms with Gasteiger partial charge >= 0.3 is 0 Å². The van der Waals surface area contributed by atoms with E-state index in [9.17, 15) is 4.79 Å². The number of furan rings is 1. The van der Waals surface area contributed by atoms with Gasteiger partial charge in [0.05, 0.1) is 18.6 Å². The molecule has 0 bridgehead atoms. The number of carbonyl (C=O) groups is 1. The molecule has 0 N–H and O–H groups in total. The molecule has 1 aromatic carbocycles. The largest absolute Gasteiger partial charge is 0.461 e. The zero-order chi connectivity index (χ0) is 23.2. The van der Waals surface area contributed by atoms with Crippen molar-refractivity contribution < 1.29 is 9.21 Å². The summed E-state index contributed by atoms with van der Waals surface area (Å²) in [5.41, 5.74) is 1.14. The SMILES string of the molecule is O=C(CSc1nnc(-c2ccco2)n1Cc1ccccc1)N1CCN(CCc2cccs2)CC1. The van der Waals surface area contributed by atoms with Gasteiger partial charge in [0.15, 0.2) is 10.9 Å². The Bertz CT molecular complexity index is 1170. The van der Waals surface area contributed by atoms with Crippen LogP contribution in [-0.2, 0) is 17.8 Å². The molecule has 3 aromatic heterocycles. The number of thioether (sulfide) groups is 1. The topological polar surface area (TPSA) is 67.4 Å². The fourth-order valence-corrected chi connectivity index (χ4v) is 5.59. The lowest BCUT2D eigenvalue weighted by atomic mass is 10.2. The molecule has 4 aromatic rings. The van der Waals surface area contributed by atoms with Crippen LogP contribution in [0.4, 0.5) is 0 Å². The molecule has 0 radical (unpaired) electrons. The molecule has 1 aliphatic heterocycles. The lowest BCUT2D eigenvalue weighted by Gasteiger charge is -2.34. The van der Waals surface area contributed by atoms with Crippen LogP contribution in [-0.4, -0.2) is 68.9 Å². The van der Waals surface area contributed by atoms with Crippen LogP contribution in [0.5, 0.6) is 0 Å². The Balaban J connectivity index is 1.18. The maximum atomic E-state index is 12.9. The van der Waals surface area contributed by atoms with E-state index in [4.69, 9.17) is 4.42 Å². The molecule has 0 atom stereocenters. The van der Waals surface area contributed by atoms with Crippen molar-refractivity contribution in [2.45, 2.75) is 18.1 Å². The lowest BCUT2D eigenvalue weighted by Crippen LogP contribution is -2.49. The lowest BCUT2D eigenvalue weighted by molar-refractivity contribution is -0.130. The first-order valence-corrected chi connectivity index (χ1v) is 13.3. The van der Waals surface area contributed by atoms with Crippen LogP contribution in [0, 0.1) is 0 Å². The van der Waals surface area contributed by atoms with Crippen LogP contribution in [0.2, 0.25) is 0 Å². The third-order valence-electron chi connectivity index (χ3n) is 5.95. The Morgan fingerprint density at radius 2 is 1.85 bits per heavy atom. The Hall–Kier alpha value is -2.88. The third kappa shape index (κ3) is 5.60. The molecule has 7 nitrogen and oxygen atoms in total. The highest BCUT2D eigenvalue weighted by Gasteiger charge is 2.23. The second-order valence-corrected chi connectivity index (χ2v) is 10.2.